The largest absolute Gasteiger partial charge is 0.379 e. The van der Waals surface area contributed by atoms with Crippen LogP contribution in [0.1, 0.15) is 61.5 Å². The number of epoxide rings is 1. The molecule has 0 spiro atoms. The van der Waals surface area contributed by atoms with Crippen molar-refractivity contribution in [2.24, 2.45) is 5.92 Å². The van der Waals surface area contributed by atoms with E-state index in [0.717, 1.165) is 57.0 Å². The smallest absolute Gasteiger partial charge is 0.273 e. The Labute approximate surface area is 294 Å². The lowest BCUT2D eigenvalue weighted by Gasteiger charge is -2.25. The molecule has 0 saturated carbocycles. The number of amides is 3. The zero-order valence-electron chi connectivity index (χ0n) is 29.9. The maximum absolute atomic E-state index is 12.3. The van der Waals surface area contributed by atoms with Crippen molar-refractivity contribution in [1.29, 1.82) is 0 Å². The first-order valence-electron chi connectivity index (χ1n) is 17.1. The molecule has 13 heteroatoms. The van der Waals surface area contributed by atoms with Gasteiger partial charge >= 0.3 is 0 Å². The Morgan fingerprint density at radius 3 is 2.34 bits per heavy atom. The van der Waals surface area contributed by atoms with Gasteiger partial charge in [0.25, 0.3) is 5.91 Å². The van der Waals surface area contributed by atoms with E-state index >= 15 is 0 Å². The highest BCUT2D eigenvalue weighted by Crippen LogP contribution is 2.29. The average Bonchev–Trinajstić information content (AvgIpc) is 3.67. The third-order valence-electron chi connectivity index (χ3n) is 7.96. The SMILES string of the molecule is CC(C)CC(NC(=O)CNC=O)C(=O)C1(C)CO1.C[C@H](Cc1cccnc1)NC(=O)c1cc(CCN2CCOCC2)on1.Cc1ccccc1. The van der Waals surface area contributed by atoms with Gasteiger partial charge in [0, 0.05) is 50.6 Å². The Morgan fingerprint density at radius 1 is 1.04 bits per heavy atom. The molecular formula is C37H52N6O7. The van der Waals surface area contributed by atoms with E-state index in [4.69, 9.17) is 14.0 Å². The minimum Gasteiger partial charge on any atom is -0.379 e. The molecule has 4 heterocycles. The summed E-state index contributed by atoms with van der Waals surface area (Å²) in [5.74, 6) is 0.330. The van der Waals surface area contributed by atoms with E-state index in [0.29, 0.717) is 25.1 Å². The highest BCUT2D eigenvalue weighted by Gasteiger charge is 2.50. The first-order chi connectivity index (χ1) is 24.0. The molecular weight excluding hydrogens is 640 g/mol. The Hall–Kier alpha value is -4.46. The number of pyridine rings is 1. The van der Waals surface area contributed by atoms with Crippen LogP contribution in [0.2, 0.25) is 0 Å². The molecule has 13 nitrogen and oxygen atoms in total. The van der Waals surface area contributed by atoms with Crippen molar-refractivity contribution in [2.45, 2.75) is 71.6 Å². The first kappa shape index (κ1) is 40.0. The topological polar surface area (TPSA) is 168 Å². The highest BCUT2D eigenvalue weighted by atomic mass is 16.6. The second-order valence-electron chi connectivity index (χ2n) is 13.1. The van der Waals surface area contributed by atoms with Gasteiger partial charge < -0.3 is 29.9 Å². The fourth-order valence-electron chi connectivity index (χ4n) is 5.09. The van der Waals surface area contributed by atoms with E-state index in [9.17, 15) is 19.2 Å². The molecule has 3 amide bonds. The monoisotopic (exact) mass is 692 g/mol. The minimum absolute atomic E-state index is 0.00907. The maximum Gasteiger partial charge on any atom is 0.273 e. The van der Waals surface area contributed by atoms with Gasteiger partial charge in [0.1, 0.15) is 11.4 Å². The van der Waals surface area contributed by atoms with Crippen LogP contribution in [0.3, 0.4) is 0 Å². The van der Waals surface area contributed by atoms with Gasteiger partial charge in [-0.3, -0.25) is 29.1 Å². The number of nitrogens with zero attached hydrogens (tertiary/aromatic N) is 3. The fourth-order valence-corrected chi connectivity index (χ4v) is 5.09. The molecule has 2 aromatic heterocycles. The van der Waals surface area contributed by atoms with Crippen molar-refractivity contribution in [2.75, 3.05) is 46.0 Å². The Kier molecular flexibility index (Phi) is 16.7. The van der Waals surface area contributed by atoms with Gasteiger partial charge in [0.2, 0.25) is 12.3 Å². The number of ketones is 1. The van der Waals surface area contributed by atoms with Gasteiger partial charge in [-0.25, -0.2) is 0 Å². The number of carbonyl (C=O) groups excluding carboxylic acids is 4. The lowest BCUT2D eigenvalue weighted by Crippen LogP contribution is -2.48. The Bertz CT molecular complexity index is 1460. The molecule has 2 fully saturated rings. The summed E-state index contributed by atoms with van der Waals surface area (Å²) in [5, 5.41) is 11.7. The summed E-state index contributed by atoms with van der Waals surface area (Å²) >= 11 is 0. The third kappa shape index (κ3) is 15.0. The number of aryl methyl sites for hydroxylation is 1. The molecule has 272 valence electrons. The van der Waals surface area contributed by atoms with Crippen LogP contribution < -0.4 is 16.0 Å². The molecule has 2 aliphatic rings. The van der Waals surface area contributed by atoms with E-state index in [2.05, 4.69) is 50.0 Å². The molecule has 3 aromatic rings. The summed E-state index contributed by atoms with van der Waals surface area (Å²) in [6.45, 7) is 14.3. The molecule has 5 rings (SSSR count). The number of morpholine rings is 1. The van der Waals surface area contributed by atoms with Gasteiger partial charge in [-0.05, 0) is 51.2 Å². The van der Waals surface area contributed by atoms with Crippen molar-refractivity contribution in [3.63, 3.8) is 0 Å². The average molecular weight is 693 g/mol. The van der Waals surface area contributed by atoms with Crippen LogP contribution in [0.25, 0.3) is 0 Å². The number of carbonyl (C=O) groups is 4. The standard InChI is InChI=1S/C18H24N4O3.C12H20N2O4.C7H8/c1-14(11-15-3-2-5-19-13-15)20-18(23)17-12-16(25-21-17)4-6-22-7-9-24-10-8-22;1-8(2)4-9(11(17)12(3)6-18-12)14-10(16)5-13-7-15;1-7-5-3-2-4-6-7/h2-3,5,12-14H,4,6-11H2,1H3,(H,20,23);7-9H,4-6H2,1-3H3,(H,13,15)(H,14,16);2-6H,1H3/t14-;;/m1../s1. The lowest BCUT2D eigenvalue weighted by molar-refractivity contribution is -0.130. The van der Waals surface area contributed by atoms with Crippen molar-refractivity contribution in [3.8, 4) is 0 Å². The van der Waals surface area contributed by atoms with Crippen LogP contribution in [0.4, 0.5) is 0 Å². The van der Waals surface area contributed by atoms with Crippen LogP contribution in [0.15, 0.2) is 65.4 Å². The summed E-state index contributed by atoms with van der Waals surface area (Å²) in [7, 11) is 0. The van der Waals surface area contributed by atoms with Crippen LogP contribution in [-0.4, -0.2) is 103 Å². The molecule has 3 N–H and O–H groups in total. The predicted molar refractivity (Wildman–Crippen MR) is 188 cm³/mol. The van der Waals surface area contributed by atoms with Gasteiger partial charge in [-0.1, -0.05) is 61.0 Å². The number of nitrogens with one attached hydrogen (secondary N) is 3. The second kappa shape index (κ2) is 20.9. The first-order valence-corrected chi connectivity index (χ1v) is 17.1. The number of benzene rings is 1. The molecule has 0 bridgehead atoms. The van der Waals surface area contributed by atoms with Crippen LogP contribution in [0.5, 0.6) is 0 Å². The molecule has 2 unspecified atom stereocenters. The summed E-state index contributed by atoms with van der Waals surface area (Å²) in [6, 6.07) is 15.3. The van der Waals surface area contributed by atoms with E-state index in [-0.39, 0.29) is 36.1 Å². The Balaban J connectivity index is 0.000000235. The summed E-state index contributed by atoms with van der Waals surface area (Å²) < 4.78 is 15.7. The van der Waals surface area contributed by atoms with Gasteiger partial charge in [0.05, 0.1) is 32.4 Å². The number of hydrogen-bond acceptors (Lipinski definition) is 10. The highest BCUT2D eigenvalue weighted by molar-refractivity contribution is 5.96. The second-order valence-corrected chi connectivity index (χ2v) is 13.1. The fraction of sp³-hybridized carbons (Fsp3) is 0.514. The van der Waals surface area contributed by atoms with E-state index in [1.165, 1.54) is 5.56 Å². The number of ether oxygens (including phenoxy) is 2. The molecule has 50 heavy (non-hydrogen) atoms. The van der Waals surface area contributed by atoms with Crippen molar-refractivity contribution in [1.82, 2.24) is 31.0 Å². The number of Topliss-reactive ketones (excluding diaryl/α,β-unsaturated/α-hetero) is 1. The quantitative estimate of drug-likeness (QED) is 0.159. The van der Waals surface area contributed by atoms with Crippen LogP contribution in [-0.2, 0) is 36.7 Å². The van der Waals surface area contributed by atoms with E-state index < -0.39 is 11.6 Å². The Morgan fingerprint density at radius 2 is 1.76 bits per heavy atom. The van der Waals surface area contributed by atoms with Gasteiger partial charge in [-0.15, -0.1) is 0 Å². The molecule has 2 saturated heterocycles. The molecule has 1 aromatic carbocycles. The van der Waals surface area contributed by atoms with Crippen molar-refractivity contribution >= 4 is 24.0 Å². The summed E-state index contributed by atoms with van der Waals surface area (Å²) in [5.41, 5.74) is 1.99. The maximum atomic E-state index is 12.3. The zero-order valence-corrected chi connectivity index (χ0v) is 29.9. The molecule has 0 radical (unpaired) electrons. The van der Waals surface area contributed by atoms with Gasteiger partial charge in [0.15, 0.2) is 11.5 Å². The number of aromatic nitrogens is 2. The molecule has 3 atom stereocenters. The van der Waals surface area contributed by atoms with E-state index in [1.807, 2.05) is 57.3 Å². The van der Waals surface area contributed by atoms with Crippen molar-refractivity contribution in [3.05, 3.63) is 83.5 Å². The molecule has 2 aliphatic heterocycles. The van der Waals surface area contributed by atoms with Gasteiger partial charge in [-0.2, -0.15) is 0 Å². The minimum atomic E-state index is -0.745. The predicted octanol–water partition coefficient (Wildman–Crippen LogP) is 2.92. The summed E-state index contributed by atoms with van der Waals surface area (Å²) in [4.78, 5) is 52.5. The molecule has 0 aliphatic carbocycles. The summed E-state index contributed by atoms with van der Waals surface area (Å²) in [6.07, 6.45) is 6.02. The van der Waals surface area contributed by atoms with Crippen LogP contribution in [0, 0.1) is 12.8 Å². The number of rotatable bonds is 15. The number of hydrogen-bond donors (Lipinski definition) is 3. The third-order valence-corrected chi connectivity index (χ3v) is 7.96. The van der Waals surface area contributed by atoms with Crippen molar-refractivity contribution < 1.29 is 33.2 Å². The van der Waals surface area contributed by atoms with E-state index in [1.54, 1.807) is 19.2 Å². The normalized spacial score (nSPS) is 17.9. The van der Waals surface area contributed by atoms with Crippen LogP contribution >= 0.6 is 0 Å². The lowest BCUT2D eigenvalue weighted by atomic mass is 9.93. The zero-order chi connectivity index (χ0) is 36.4.